The maximum atomic E-state index is 5.64. The lowest BCUT2D eigenvalue weighted by molar-refractivity contribution is -0.0292. The van der Waals surface area contributed by atoms with Crippen LogP contribution in [0.3, 0.4) is 0 Å². The Kier molecular flexibility index (Phi) is 5.40. The maximum absolute atomic E-state index is 5.64. The van der Waals surface area contributed by atoms with Crippen LogP contribution in [0.2, 0.25) is 0 Å². The van der Waals surface area contributed by atoms with E-state index in [2.05, 4.69) is 30.3 Å². The molecule has 108 valence electrons. The second-order valence-corrected chi connectivity index (χ2v) is 5.57. The quantitative estimate of drug-likeness (QED) is 0.785. The lowest BCUT2D eigenvalue weighted by Crippen LogP contribution is -2.35. The van der Waals surface area contributed by atoms with Crippen LogP contribution in [0.4, 0.5) is 0 Å². The van der Waals surface area contributed by atoms with Gasteiger partial charge in [0.15, 0.2) is 0 Å². The standard InChI is InChI=1S/C15H27N3O/c1-4-7-16-15(14-6-8-18(3)17-14)11-12-9-13(10-12)19-5-2/h6,8,12-13,15-16H,4-5,7,9-11H2,1-3H3. The summed E-state index contributed by atoms with van der Waals surface area (Å²) in [5.74, 6) is 0.785. The second-order valence-electron chi connectivity index (χ2n) is 5.57. The van der Waals surface area contributed by atoms with E-state index < -0.39 is 0 Å². The van der Waals surface area contributed by atoms with Crippen molar-refractivity contribution in [1.82, 2.24) is 15.1 Å². The molecule has 1 aliphatic rings. The molecule has 0 saturated heterocycles. The summed E-state index contributed by atoms with van der Waals surface area (Å²) in [5.41, 5.74) is 1.18. The van der Waals surface area contributed by atoms with Crippen LogP contribution in [0.25, 0.3) is 0 Å². The lowest BCUT2D eigenvalue weighted by Gasteiger charge is -2.37. The van der Waals surface area contributed by atoms with Crippen molar-refractivity contribution in [2.75, 3.05) is 13.2 Å². The van der Waals surface area contributed by atoms with E-state index in [0.717, 1.165) is 25.5 Å². The van der Waals surface area contributed by atoms with E-state index in [9.17, 15) is 0 Å². The minimum Gasteiger partial charge on any atom is -0.378 e. The van der Waals surface area contributed by atoms with Gasteiger partial charge in [0.2, 0.25) is 0 Å². The average Bonchev–Trinajstić information content (AvgIpc) is 2.77. The van der Waals surface area contributed by atoms with Gasteiger partial charge in [-0.05, 0) is 51.1 Å². The zero-order valence-electron chi connectivity index (χ0n) is 12.4. The van der Waals surface area contributed by atoms with Gasteiger partial charge in [-0.25, -0.2) is 0 Å². The van der Waals surface area contributed by atoms with Crippen molar-refractivity contribution < 1.29 is 4.74 Å². The number of aromatic nitrogens is 2. The zero-order valence-corrected chi connectivity index (χ0v) is 12.4. The molecule has 1 aliphatic carbocycles. The Bertz CT molecular complexity index is 371. The SMILES string of the molecule is CCCNC(CC1CC(OCC)C1)c1ccn(C)n1. The molecular formula is C15H27N3O. The summed E-state index contributed by atoms with van der Waals surface area (Å²) in [6.45, 7) is 6.18. The summed E-state index contributed by atoms with van der Waals surface area (Å²) in [7, 11) is 1.98. The predicted molar refractivity (Wildman–Crippen MR) is 77.0 cm³/mol. The van der Waals surface area contributed by atoms with E-state index in [1.165, 1.54) is 25.0 Å². The molecule has 4 nitrogen and oxygen atoms in total. The number of nitrogens with zero attached hydrogens (tertiary/aromatic N) is 2. The van der Waals surface area contributed by atoms with E-state index >= 15 is 0 Å². The molecule has 0 radical (unpaired) electrons. The van der Waals surface area contributed by atoms with Gasteiger partial charge < -0.3 is 10.1 Å². The fourth-order valence-corrected chi connectivity index (χ4v) is 2.82. The van der Waals surface area contributed by atoms with Gasteiger partial charge in [-0.3, -0.25) is 4.68 Å². The maximum Gasteiger partial charge on any atom is 0.0793 e. The normalized spacial score (nSPS) is 24.2. The minimum absolute atomic E-state index is 0.397. The summed E-state index contributed by atoms with van der Waals surface area (Å²) in [4.78, 5) is 0. The highest BCUT2D eigenvalue weighted by molar-refractivity contribution is 5.06. The Morgan fingerprint density at radius 3 is 2.84 bits per heavy atom. The smallest absolute Gasteiger partial charge is 0.0793 e. The highest BCUT2D eigenvalue weighted by atomic mass is 16.5. The fourth-order valence-electron chi connectivity index (χ4n) is 2.82. The molecule has 0 aliphatic heterocycles. The molecule has 19 heavy (non-hydrogen) atoms. The molecule has 0 aromatic carbocycles. The Hall–Kier alpha value is -0.870. The molecule has 2 rings (SSSR count). The molecular weight excluding hydrogens is 238 g/mol. The van der Waals surface area contributed by atoms with Gasteiger partial charge in [0.25, 0.3) is 0 Å². The van der Waals surface area contributed by atoms with E-state index in [-0.39, 0.29) is 0 Å². The van der Waals surface area contributed by atoms with Crippen molar-refractivity contribution in [1.29, 1.82) is 0 Å². The van der Waals surface area contributed by atoms with Crippen molar-refractivity contribution in [3.8, 4) is 0 Å². The number of hydrogen-bond donors (Lipinski definition) is 1. The third-order valence-electron chi connectivity index (χ3n) is 3.90. The number of ether oxygens (including phenoxy) is 1. The first kappa shape index (κ1) is 14.5. The van der Waals surface area contributed by atoms with Crippen molar-refractivity contribution in [2.45, 2.75) is 51.7 Å². The van der Waals surface area contributed by atoms with Gasteiger partial charge in [-0.2, -0.15) is 5.10 Å². The van der Waals surface area contributed by atoms with Gasteiger partial charge in [-0.15, -0.1) is 0 Å². The van der Waals surface area contributed by atoms with Crippen LogP contribution in [-0.4, -0.2) is 29.0 Å². The van der Waals surface area contributed by atoms with Crippen molar-refractivity contribution >= 4 is 0 Å². The predicted octanol–water partition coefficient (Wildman–Crippen LogP) is 2.67. The first-order valence-electron chi connectivity index (χ1n) is 7.57. The molecule has 0 spiro atoms. The molecule has 1 atom stereocenters. The molecule has 0 bridgehead atoms. The average molecular weight is 265 g/mol. The largest absolute Gasteiger partial charge is 0.378 e. The molecule has 1 aromatic rings. The summed E-state index contributed by atoms with van der Waals surface area (Å²) >= 11 is 0. The van der Waals surface area contributed by atoms with Crippen molar-refractivity contribution in [3.63, 3.8) is 0 Å². The van der Waals surface area contributed by atoms with Crippen LogP contribution in [0.5, 0.6) is 0 Å². The number of aryl methyl sites for hydroxylation is 1. The number of nitrogens with one attached hydrogen (secondary N) is 1. The van der Waals surface area contributed by atoms with Gasteiger partial charge in [-0.1, -0.05) is 6.92 Å². The Labute approximate surface area is 116 Å². The highest BCUT2D eigenvalue weighted by Gasteiger charge is 2.32. The van der Waals surface area contributed by atoms with Crippen LogP contribution in [0.15, 0.2) is 12.3 Å². The fraction of sp³-hybridized carbons (Fsp3) is 0.800. The van der Waals surface area contributed by atoms with Gasteiger partial charge in [0.05, 0.1) is 17.8 Å². The Morgan fingerprint density at radius 2 is 2.26 bits per heavy atom. The van der Waals surface area contributed by atoms with Gasteiger partial charge >= 0.3 is 0 Å². The van der Waals surface area contributed by atoms with E-state index in [1.807, 2.05) is 17.9 Å². The molecule has 1 heterocycles. The first-order chi connectivity index (χ1) is 9.22. The summed E-state index contributed by atoms with van der Waals surface area (Å²) in [6, 6.07) is 2.53. The summed E-state index contributed by atoms with van der Waals surface area (Å²) in [5, 5.41) is 8.18. The van der Waals surface area contributed by atoms with Gasteiger partial charge in [0.1, 0.15) is 0 Å². The topological polar surface area (TPSA) is 39.1 Å². The van der Waals surface area contributed by atoms with Crippen LogP contribution < -0.4 is 5.32 Å². The summed E-state index contributed by atoms with van der Waals surface area (Å²) in [6.07, 6.45) is 7.30. The molecule has 1 fully saturated rings. The van der Waals surface area contributed by atoms with E-state index in [0.29, 0.717) is 12.1 Å². The number of rotatable bonds is 8. The van der Waals surface area contributed by atoms with E-state index in [4.69, 9.17) is 4.74 Å². The molecule has 1 unspecified atom stereocenters. The van der Waals surface area contributed by atoms with Crippen molar-refractivity contribution in [3.05, 3.63) is 18.0 Å². The van der Waals surface area contributed by atoms with Crippen LogP contribution in [0.1, 0.15) is 51.3 Å². The lowest BCUT2D eigenvalue weighted by atomic mass is 9.77. The number of hydrogen-bond acceptors (Lipinski definition) is 3. The monoisotopic (exact) mass is 265 g/mol. The third-order valence-corrected chi connectivity index (χ3v) is 3.90. The summed E-state index contributed by atoms with van der Waals surface area (Å²) < 4.78 is 7.53. The molecule has 4 heteroatoms. The Morgan fingerprint density at radius 1 is 1.47 bits per heavy atom. The molecule has 1 N–H and O–H groups in total. The van der Waals surface area contributed by atoms with Gasteiger partial charge in [0, 0.05) is 19.9 Å². The van der Waals surface area contributed by atoms with Crippen LogP contribution in [0, 0.1) is 5.92 Å². The minimum atomic E-state index is 0.397. The van der Waals surface area contributed by atoms with Crippen molar-refractivity contribution in [2.24, 2.45) is 13.0 Å². The highest BCUT2D eigenvalue weighted by Crippen LogP contribution is 2.36. The van der Waals surface area contributed by atoms with Crippen LogP contribution >= 0.6 is 0 Å². The second kappa shape index (κ2) is 7.06. The first-order valence-corrected chi connectivity index (χ1v) is 7.57. The Balaban J connectivity index is 1.85. The molecule has 0 amide bonds. The molecule has 1 saturated carbocycles. The van der Waals surface area contributed by atoms with Crippen LogP contribution in [-0.2, 0) is 11.8 Å². The molecule has 1 aromatic heterocycles. The zero-order chi connectivity index (χ0) is 13.7. The third kappa shape index (κ3) is 4.05. The van der Waals surface area contributed by atoms with E-state index in [1.54, 1.807) is 0 Å².